The number of nitrogens with one attached hydrogen (secondary N) is 1. The highest BCUT2D eigenvalue weighted by atomic mass is 35.5. The largest absolute Gasteiger partial charge is 0.380 e. The fourth-order valence-corrected chi connectivity index (χ4v) is 2.51. The molecule has 1 aromatic rings. The molecule has 0 radical (unpaired) electrons. The lowest BCUT2D eigenvalue weighted by atomic mass is 9.90. The Hall–Kier alpha value is -0.800. The number of hydrogen-bond acceptors (Lipinski definition) is 2. The van der Waals surface area contributed by atoms with Crippen molar-refractivity contribution in [1.82, 2.24) is 0 Å². The van der Waals surface area contributed by atoms with E-state index in [1.54, 1.807) is 18.2 Å². The zero-order chi connectivity index (χ0) is 13.2. The van der Waals surface area contributed by atoms with Crippen molar-refractivity contribution in [2.45, 2.75) is 44.8 Å². The summed E-state index contributed by atoms with van der Waals surface area (Å²) in [4.78, 5) is 0. The van der Waals surface area contributed by atoms with E-state index in [9.17, 15) is 4.39 Å². The highest BCUT2D eigenvalue weighted by Gasteiger charge is 2.31. The van der Waals surface area contributed by atoms with Crippen molar-refractivity contribution in [2.75, 3.05) is 11.9 Å². The maximum absolute atomic E-state index is 13.8. The van der Waals surface area contributed by atoms with Gasteiger partial charge in [0, 0.05) is 12.6 Å². The second-order valence-electron chi connectivity index (χ2n) is 5.09. The Balaban J connectivity index is 2.07. The van der Waals surface area contributed by atoms with E-state index >= 15 is 0 Å². The van der Waals surface area contributed by atoms with Gasteiger partial charge in [-0.05, 0) is 38.3 Å². The Morgan fingerprint density at radius 1 is 1.56 bits per heavy atom. The number of hydrogen-bond donors (Lipinski definition) is 1. The van der Waals surface area contributed by atoms with Crippen LogP contribution in [0.25, 0.3) is 0 Å². The second kappa shape index (κ2) is 5.45. The number of benzene rings is 1. The minimum absolute atomic E-state index is 0.106. The van der Waals surface area contributed by atoms with Gasteiger partial charge in [-0.2, -0.15) is 0 Å². The highest BCUT2D eigenvalue weighted by molar-refractivity contribution is 6.31. The van der Waals surface area contributed by atoms with E-state index in [-0.39, 0.29) is 22.5 Å². The van der Waals surface area contributed by atoms with Crippen LogP contribution in [0.5, 0.6) is 0 Å². The molecule has 1 aliphatic rings. The molecule has 0 saturated carbocycles. The van der Waals surface area contributed by atoms with Gasteiger partial charge in [-0.25, -0.2) is 4.39 Å². The molecule has 1 aliphatic heterocycles. The van der Waals surface area contributed by atoms with Gasteiger partial charge in [0.2, 0.25) is 0 Å². The third-order valence-corrected chi connectivity index (χ3v) is 3.95. The van der Waals surface area contributed by atoms with E-state index in [0.29, 0.717) is 12.3 Å². The summed E-state index contributed by atoms with van der Waals surface area (Å²) in [5.41, 5.74) is 0.373. The van der Waals surface area contributed by atoms with Crippen LogP contribution < -0.4 is 5.32 Å². The Labute approximate surface area is 112 Å². The molecular weight excluding hydrogens is 253 g/mol. The van der Waals surface area contributed by atoms with Crippen LogP contribution in [0.2, 0.25) is 5.02 Å². The first-order valence-corrected chi connectivity index (χ1v) is 6.76. The van der Waals surface area contributed by atoms with Gasteiger partial charge in [-0.15, -0.1) is 0 Å². The first kappa shape index (κ1) is 13.6. The third kappa shape index (κ3) is 2.96. The molecule has 2 rings (SSSR count). The molecule has 4 heteroatoms. The maximum atomic E-state index is 13.8. The molecule has 0 aliphatic carbocycles. The summed E-state index contributed by atoms with van der Waals surface area (Å²) < 4.78 is 19.6. The van der Waals surface area contributed by atoms with Gasteiger partial charge in [0.15, 0.2) is 5.82 Å². The standard InChI is InChI=1S/C14H19ClFNO/c1-3-14(2)9-10(7-8-18-14)17-12-6-4-5-11(15)13(12)16/h4-6,10,17H,3,7-9H2,1-2H3. The van der Waals surface area contributed by atoms with E-state index < -0.39 is 0 Å². The van der Waals surface area contributed by atoms with Gasteiger partial charge in [0.1, 0.15) is 0 Å². The maximum Gasteiger partial charge on any atom is 0.164 e. The van der Waals surface area contributed by atoms with Gasteiger partial charge >= 0.3 is 0 Å². The van der Waals surface area contributed by atoms with Crippen LogP contribution in [0.3, 0.4) is 0 Å². The lowest BCUT2D eigenvalue weighted by Gasteiger charge is -2.38. The molecule has 0 bridgehead atoms. The fraction of sp³-hybridized carbons (Fsp3) is 0.571. The van der Waals surface area contributed by atoms with Crippen molar-refractivity contribution in [1.29, 1.82) is 0 Å². The van der Waals surface area contributed by atoms with Gasteiger partial charge in [0.25, 0.3) is 0 Å². The van der Waals surface area contributed by atoms with Gasteiger partial charge < -0.3 is 10.1 Å². The summed E-state index contributed by atoms with van der Waals surface area (Å²) in [5.74, 6) is -0.371. The van der Waals surface area contributed by atoms with Crippen molar-refractivity contribution in [3.8, 4) is 0 Å². The van der Waals surface area contributed by atoms with Crippen molar-refractivity contribution < 1.29 is 9.13 Å². The minimum atomic E-state index is -0.371. The van der Waals surface area contributed by atoms with Gasteiger partial charge in [0.05, 0.1) is 16.3 Å². The van der Waals surface area contributed by atoms with Gasteiger partial charge in [-0.1, -0.05) is 24.6 Å². The van der Waals surface area contributed by atoms with Crippen LogP contribution in [0, 0.1) is 5.82 Å². The van der Waals surface area contributed by atoms with Crippen LogP contribution in [-0.2, 0) is 4.74 Å². The Bertz CT molecular complexity index is 426. The minimum Gasteiger partial charge on any atom is -0.380 e. The van der Waals surface area contributed by atoms with Gasteiger partial charge in [-0.3, -0.25) is 0 Å². The zero-order valence-electron chi connectivity index (χ0n) is 10.8. The SMILES string of the molecule is CCC1(C)CC(Nc2cccc(Cl)c2F)CCO1. The molecule has 1 fully saturated rings. The number of halogens is 2. The lowest BCUT2D eigenvalue weighted by Crippen LogP contribution is -2.42. The molecule has 2 nitrogen and oxygen atoms in total. The van der Waals surface area contributed by atoms with Crippen molar-refractivity contribution in [3.63, 3.8) is 0 Å². The van der Waals surface area contributed by atoms with Crippen LogP contribution in [0.15, 0.2) is 18.2 Å². The molecule has 0 spiro atoms. The molecule has 2 unspecified atom stereocenters. The zero-order valence-corrected chi connectivity index (χ0v) is 11.6. The topological polar surface area (TPSA) is 21.3 Å². The molecule has 0 amide bonds. The second-order valence-corrected chi connectivity index (χ2v) is 5.49. The molecule has 0 aromatic heterocycles. The number of anilines is 1. The van der Waals surface area contributed by atoms with Crippen LogP contribution >= 0.6 is 11.6 Å². The molecule has 1 heterocycles. The molecule has 1 N–H and O–H groups in total. The monoisotopic (exact) mass is 271 g/mol. The summed E-state index contributed by atoms with van der Waals surface area (Å²) in [7, 11) is 0. The van der Waals surface area contributed by atoms with Crippen molar-refractivity contribution in [2.24, 2.45) is 0 Å². The molecule has 1 aromatic carbocycles. The van der Waals surface area contributed by atoms with Crippen LogP contribution in [0.1, 0.15) is 33.1 Å². The summed E-state index contributed by atoms with van der Waals surface area (Å²) in [5, 5.41) is 3.40. The fourth-order valence-electron chi connectivity index (χ4n) is 2.33. The quantitative estimate of drug-likeness (QED) is 0.888. The number of rotatable bonds is 3. The smallest absolute Gasteiger partial charge is 0.164 e. The van der Waals surface area contributed by atoms with E-state index in [1.807, 2.05) is 0 Å². The molecule has 1 saturated heterocycles. The lowest BCUT2D eigenvalue weighted by molar-refractivity contribution is -0.0709. The van der Waals surface area contributed by atoms with Crippen molar-refractivity contribution >= 4 is 17.3 Å². The average molecular weight is 272 g/mol. The summed E-state index contributed by atoms with van der Waals surface area (Å²) in [6.45, 7) is 4.93. The Morgan fingerprint density at radius 2 is 2.33 bits per heavy atom. The predicted molar refractivity (Wildman–Crippen MR) is 72.7 cm³/mol. The molecule has 100 valence electrons. The summed E-state index contributed by atoms with van der Waals surface area (Å²) in [6.07, 6.45) is 2.74. The normalized spacial score (nSPS) is 28.1. The highest BCUT2D eigenvalue weighted by Crippen LogP contribution is 2.31. The number of ether oxygens (including phenoxy) is 1. The summed E-state index contributed by atoms with van der Waals surface area (Å²) in [6, 6.07) is 5.27. The average Bonchev–Trinajstić information content (AvgIpc) is 2.35. The van der Waals surface area contributed by atoms with E-state index in [0.717, 1.165) is 19.3 Å². The van der Waals surface area contributed by atoms with E-state index in [2.05, 4.69) is 19.2 Å². The van der Waals surface area contributed by atoms with Crippen molar-refractivity contribution in [3.05, 3.63) is 29.0 Å². The van der Waals surface area contributed by atoms with E-state index in [4.69, 9.17) is 16.3 Å². The predicted octanol–water partition coefficient (Wildman–Crippen LogP) is 4.24. The van der Waals surface area contributed by atoms with Crippen LogP contribution in [0.4, 0.5) is 10.1 Å². The first-order chi connectivity index (χ1) is 8.54. The van der Waals surface area contributed by atoms with Crippen LogP contribution in [-0.4, -0.2) is 18.2 Å². The third-order valence-electron chi connectivity index (χ3n) is 3.65. The first-order valence-electron chi connectivity index (χ1n) is 6.38. The molecule has 2 atom stereocenters. The Kier molecular flexibility index (Phi) is 4.13. The molecular formula is C14H19ClFNO. The summed E-state index contributed by atoms with van der Waals surface area (Å²) >= 11 is 5.78. The van der Waals surface area contributed by atoms with E-state index in [1.165, 1.54) is 0 Å². The molecule has 18 heavy (non-hydrogen) atoms. The Morgan fingerprint density at radius 3 is 3.06 bits per heavy atom.